The summed E-state index contributed by atoms with van der Waals surface area (Å²) in [5, 5.41) is 12.8. The van der Waals surface area contributed by atoms with Crippen LogP contribution in [0.5, 0.6) is 5.75 Å². The van der Waals surface area contributed by atoms with Crippen LogP contribution in [-0.2, 0) is 12.0 Å². The van der Waals surface area contributed by atoms with Gasteiger partial charge in [0.2, 0.25) is 0 Å². The van der Waals surface area contributed by atoms with Crippen LogP contribution in [0.4, 0.5) is 0 Å². The van der Waals surface area contributed by atoms with E-state index in [0.717, 1.165) is 43.6 Å². The summed E-state index contributed by atoms with van der Waals surface area (Å²) in [6.45, 7) is 6.24. The summed E-state index contributed by atoms with van der Waals surface area (Å²) in [4.78, 5) is 13.6. The lowest BCUT2D eigenvalue weighted by Crippen LogP contribution is -2.55. The van der Waals surface area contributed by atoms with Crippen LogP contribution in [0.2, 0.25) is 0 Å². The number of likely N-dealkylation sites (tertiary alicyclic amines) is 1. The summed E-state index contributed by atoms with van der Waals surface area (Å²) in [5.41, 5.74) is 3.78. The van der Waals surface area contributed by atoms with Crippen molar-refractivity contribution in [3.63, 3.8) is 0 Å². The number of piperidine rings is 1. The second-order valence-corrected chi connectivity index (χ2v) is 10.4. The molecule has 1 saturated carbocycles. The fourth-order valence-electron chi connectivity index (χ4n) is 6.97. The number of ether oxygens (including phenoxy) is 1. The zero-order valence-electron chi connectivity index (χ0n) is 20.2. The van der Waals surface area contributed by atoms with Gasteiger partial charge in [-0.3, -0.25) is 0 Å². The lowest BCUT2D eigenvalue weighted by Gasteiger charge is -2.52. The molecule has 5 rings (SSSR count). The number of nitrogens with zero attached hydrogens (tertiary/aromatic N) is 1. The Labute approximate surface area is 203 Å². The molecule has 2 heterocycles. The van der Waals surface area contributed by atoms with E-state index in [9.17, 15) is 4.79 Å². The number of carboxylic acids is 1. The predicted molar refractivity (Wildman–Crippen MR) is 134 cm³/mol. The third-order valence-electron chi connectivity index (χ3n) is 8.64. The maximum absolute atomic E-state index is 11.0. The monoisotopic (exact) mass is 462 g/mol. The van der Waals surface area contributed by atoms with Crippen LogP contribution in [-0.4, -0.2) is 48.8 Å². The van der Waals surface area contributed by atoms with Gasteiger partial charge >= 0.3 is 5.97 Å². The molecule has 0 aromatic heterocycles. The molecule has 2 fully saturated rings. The van der Waals surface area contributed by atoms with E-state index in [1.807, 2.05) is 0 Å². The Morgan fingerprint density at radius 1 is 1.00 bits per heavy atom. The van der Waals surface area contributed by atoms with E-state index in [2.05, 4.69) is 34.5 Å². The molecule has 1 saturated heterocycles. The van der Waals surface area contributed by atoms with Crippen LogP contribution in [0.1, 0.15) is 66.4 Å². The van der Waals surface area contributed by atoms with Crippen LogP contribution < -0.4 is 10.1 Å². The van der Waals surface area contributed by atoms with Crippen LogP contribution in [0.15, 0.2) is 48.5 Å². The third-order valence-corrected chi connectivity index (χ3v) is 8.64. The molecule has 0 bridgehead atoms. The van der Waals surface area contributed by atoms with Gasteiger partial charge in [0.15, 0.2) is 0 Å². The van der Waals surface area contributed by atoms with Gasteiger partial charge in [-0.1, -0.05) is 37.1 Å². The van der Waals surface area contributed by atoms with Gasteiger partial charge in [-0.25, -0.2) is 4.79 Å². The summed E-state index contributed by atoms with van der Waals surface area (Å²) in [6.07, 6.45) is 9.12. The summed E-state index contributed by atoms with van der Waals surface area (Å²) in [7, 11) is 0. The minimum atomic E-state index is -0.905. The number of aromatic carboxylic acids is 1. The van der Waals surface area contributed by atoms with Crippen molar-refractivity contribution < 1.29 is 14.6 Å². The Morgan fingerprint density at radius 3 is 2.44 bits per heavy atom. The van der Waals surface area contributed by atoms with Gasteiger partial charge in [-0.2, -0.15) is 0 Å². The first-order valence-corrected chi connectivity index (χ1v) is 13.1. The highest BCUT2D eigenvalue weighted by molar-refractivity contribution is 5.87. The van der Waals surface area contributed by atoms with E-state index in [1.165, 1.54) is 57.2 Å². The van der Waals surface area contributed by atoms with Crippen LogP contribution in [0, 0.1) is 11.8 Å². The first-order valence-electron chi connectivity index (χ1n) is 13.1. The zero-order chi connectivity index (χ0) is 23.4. The summed E-state index contributed by atoms with van der Waals surface area (Å²) in [5.74, 6) is 1.41. The van der Waals surface area contributed by atoms with Crippen molar-refractivity contribution in [1.29, 1.82) is 0 Å². The fraction of sp³-hybridized carbons (Fsp3) is 0.552. The van der Waals surface area contributed by atoms with Crippen molar-refractivity contribution >= 4 is 5.97 Å². The van der Waals surface area contributed by atoms with Crippen molar-refractivity contribution in [2.45, 2.75) is 56.9 Å². The Kier molecular flexibility index (Phi) is 7.21. The predicted octanol–water partition coefficient (Wildman–Crippen LogP) is 5.10. The quantitative estimate of drug-likeness (QED) is 0.535. The zero-order valence-corrected chi connectivity index (χ0v) is 20.2. The van der Waals surface area contributed by atoms with Crippen molar-refractivity contribution in [1.82, 2.24) is 10.2 Å². The van der Waals surface area contributed by atoms with Gasteiger partial charge in [-0.05, 0) is 92.4 Å². The Bertz CT molecular complexity index is 962. The first kappa shape index (κ1) is 23.4. The fourth-order valence-corrected chi connectivity index (χ4v) is 6.97. The van der Waals surface area contributed by atoms with Crippen LogP contribution >= 0.6 is 0 Å². The second-order valence-electron chi connectivity index (χ2n) is 10.4. The van der Waals surface area contributed by atoms with E-state index >= 15 is 0 Å². The number of carboxylic acid groups (broad SMARTS) is 1. The maximum atomic E-state index is 11.0. The highest BCUT2D eigenvalue weighted by atomic mass is 16.5. The SMILES string of the molecule is O=C(O)c1ccc(OCCCN2CCC(C3(C4CCCC4)CNCc4ccccc43)CC2)cc1. The lowest BCUT2D eigenvalue weighted by atomic mass is 9.57. The number of benzene rings is 2. The van der Waals surface area contributed by atoms with Crippen molar-refractivity contribution in [2.75, 3.05) is 32.8 Å². The largest absolute Gasteiger partial charge is 0.494 e. The summed E-state index contributed by atoms with van der Waals surface area (Å²) < 4.78 is 5.84. The lowest BCUT2D eigenvalue weighted by molar-refractivity contribution is 0.0697. The summed E-state index contributed by atoms with van der Waals surface area (Å²) >= 11 is 0. The molecular weight excluding hydrogens is 424 g/mol. The van der Waals surface area contributed by atoms with Gasteiger partial charge in [0.05, 0.1) is 12.2 Å². The molecule has 5 heteroatoms. The molecule has 0 spiro atoms. The second kappa shape index (κ2) is 10.5. The molecule has 34 heavy (non-hydrogen) atoms. The Hall–Kier alpha value is -2.37. The average Bonchev–Trinajstić information content (AvgIpc) is 3.42. The summed E-state index contributed by atoms with van der Waals surface area (Å²) in [6, 6.07) is 15.9. The number of hydrogen-bond donors (Lipinski definition) is 2. The van der Waals surface area contributed by atoms with Crippen LogP contribution in [0.25, 0.3) is 0 Å². The molecule has 0 radical (unpaired) electrons. The minimum absolute atomic E-state index is 0.293. The molecule has 2 aromatic carbocycles. The van der Waals surface area contributed by atoms with Gasteiger partial charge in [0.1, 0.15) is 5.75 Å². The Balaban J connectivity index is 1.16. The molecule has 3 aliphatic rings. The van der Waals surface area contributed by atoms with E-state index in [4.69, 9.17) is 9.84 Å². The number of fused-ring (bicyclic) bond motifs is 1. The van der Waals surface area contributed by atoms with E-state index in [1.54, 1.807) is 29.8 Å². The van der Waals surface area contributed by atoms with Gasteiger partial charge in [0, 0.05) is 25.0 Å². The van der Waals surface area contributed by atoms with Crippen molar-refractivity contribution in [3.05, 3.63) is 65.2 Å². The highest BCUT2D eigenvalue weighted by Crippen LogP contribution is 2.51. The number of hydrogen-bond acceptors (Lipinski definition) is 4. The molecule has 5 nitrogen and oxygen atoms in total. The van der Waals surface area contributed by atoms with E-state index < -0.39 is 5.97 Å². The number of nitrogens with one attached hydrogen (secondary N) is 1. The van der Waals surface area contributed by atoms with Crippen LogP contribution in [0.3, 0.4) is 0 Å². The van der Waals surface area contributed by atoms with E-state index in [-0.39, 0.29) is 0 Å². The molecule has 182 valence electrons. The number of carbonyl (C=O) groups is 1. The van der Waals surface area contributed by atoms with E-state index in [0.29, 0.717) is 17.6 Å². The topological polar surface area (TPSA) is 61.8 Å². The Morgan fingerprint density at radius 2 is 1.71 bits per heavy atom. The van der Waals surface area contributed by atoms with Gasteiger partial charge in [0.25, 0.3) is 0 Å². The number of rotatable bonds is 8. The maximum Gasteiger partial charge on any atom is 0.335 e. The molecule has 1 unspecified atom stereocenters. The average molecular weight is 463 g/mol. The molecule has 2 N–H and O–H groups in total. The first-order chi connectivity index (χ1) is 16.7. The highest BCUT2D eigenvalue weighted by Gasteiger charge is 2.49. The van der Waals surface area contributed by atoms with Crippen molar-refractivity contribution in [2.24, 2.45) is 11.8 Å². The molecule has 0 amide bonds. The standard InChI is InChI=1S/C29H38N2O3/c32-28(33)22-10-12-26(13-11-22)34-19-5-16-31-17-14-25(15-18-31)29(24-7-2-3-8-24)21-30-20-23-6-1-4-9-27(23)29/h1,4,6,9-13,24-25,30H,2-3,5,7-8,14-21H2,(H,32,33). The molecule has 1 atom stereocenters. The minimum Gasteiger partial charge on any atom is -0.494 e. The third kappa shape index (κ3) is 4.73. The van der Waals surface area contributed by atoms with Crippen molar-refractivity contribution in [3.8, 4) is 5.75 Å². The van der Waals surface area contributed by atoms with Gasteiger partial charge < -0.3 is 20.1 Å². The molecule has 1 aliphatic carbocycles. The smallest absolute Gasteiger partial charge is 0.335 e. The normalized spacial score (nSPS) is 24.1. The molecule has 2 aromatic rings. The molecular formula is C29H38N2O3. The van der Waals surface area contributed by atoms with Gasteiger partial charge in [-0.15, -0.1) is 0 Å². The molecule has 2 aliphatic heterocycles.